The van der Waals surface area contributed by atoms with Gasteiger partial charge in [-0.3, -0.25) is 19.5 Å². The molecule has 0 bridgehead atoms. The Kier molecular flexibility index (Phi) is 5.81. The highest BCUT2D eigenvalue weighted by atomic mass is 32.1. The zero-order valence-electron chi connectivity index (χ0n) is 13.1. The fourth-order valence-electron chi connectivity index (χ4n) is 2.03. The molecule has 1 amide bonds. The summed E-state index contributed by atoms with van der Waals surface area (Å²) in [6, 6.07) is 5.38. The molecule has 0 unspecified atom stereocenters. The summed E-state index contributed by atoms with van der Waals surface area (Å²) in [5, 5.41) is 9.23. The largest absolute Gasteiger partial charge is 0.309 e. The van der Waals surface area contributed by atoms with Crippen LogP contribution in [0, 0.1) is 13.8 Å². The molecule has 2 aromatic rings. The molecule has 122 valence electrons. The molecule has 0 aliphatic heterocycles. The molecule has 2 N–H and O–H groups in total. The fraction of sp³-hybridized carbons (Fsp3) is 0.375. The van der Waals surface area contributed by atoms with Crippen molar-refractivity contribution < 1.29 is 14.4 Å². The van der Waals surface area contributed by atoms with Gasteiger partial charge in [-0.1, -0.05) is 0 Å². The number of ketones is 2. The molecule has 0 spiro atoms. The zero-order valence-corrected chi connectivity index (χ0v) is 14.0. The molecule has 2 rings (SSSR count). The summed E-state index contributed by atoms with van der Waals surface area (Å²) < 4.78 is 0. The van der Waals surface area contributed by atoms with Crippen molar-refractivity contribution in [2.45, 2.75) is 39.5 Å². The van der Waals surface area contributed by atoms with E-state index in [1.54, 1.807) is 12.1 Å². The van der Waals surface area contributed by atoms with E-state index in [1.165, 1.54) is 11.3 Å². The van der Waals surface area contributed by atoms with Gasteiger partial charge in [0, 0.05) is 42.3 Å². The molecule has 0 saturated heterocycles. The highest BCUT2D eigenvalue weighted by molar-refractivity contribution is 7.14. The van der Waals surface area contributed by atoms with Crippen LogP contribution in [0.25, 0.3) is 0 Å². The summed E-state index contributed by atoms with van der Waals surface area (Å²) >= 11 is 1.43. The number of thiophene rings is 1. The van der Waals surface area contributed by atoms with Gasteiger partial charge in [-0.05, 0) is 26.0 Å². The predicted octanol–water partition coefficient (Wildman–Crippen LogP) is 3.04. The Morgan fingerprint density at radius 2 is 1.87 bits per heavy atom. The van der Waals surface area contributed by atoms with Crippen LogP contribution in [-0.2, 0) is 9.59 Å². The van der Waals surface area contributed by atoms with E-state index < -0.39 is 0 Å². The first-order valence-electron chi connectivity index (χ1n) is 7.37. The number of aryl methyl sites for hydroxylation is 2. The van der Waals surface area contributed by atoms with Crippen molar-refractivity contribution in [3.05, 3.63) is 33.6 Å². The van der Waals surface area contributed by atoms with Gasteiger partial charge >= 0.3 is 0 Å². The summed E-state index contributed by atoms with van der Waals surface area (Å²) in [6.45, 7) is 3.77. The van der Waals surface area contributed by atoms with Gasteiger partial charge in [0.1, 0.15) is 5.78 Å². The molecular weight excluding hydrogens is 314 g/mol. The molecule has 6 nitrogen and oxygen atoms in total. The van der Waals surface area contributed by atoms with Gasteiger partial charge < -0.3 is 5.32 Å². The monoisotopic (exact) mass is 333 g/mol. The SMILES string of the molecule is Cc1cc(NC(=O)CCC(=O)CCC(=O)c2ccc(C)s2)n[nH]1. The second-order valence-corrected chi connectivity index (χ2v) is 6.64. The number of hydrogen-bond acceptors (Lipinski definition) is 5. The van der Waals surface area contributed by atoms with Crippen LogP contribution >= 0.6 is 11.3 Å². The van der Waals surface area contributed by atoms with E-state index in [2.05, 4.69) is 15.5 Å². The lowest BCUT2D eigenvalue weighted by molar-refractivity contribution is -0.122. The van der Waals surface area contributed by atoms with Gasteiger partial charge in [-0.2, -0.15) is 5.10 Å². The zero-order chi connectivity index (χ0) is 16.8. The van der Waals surface area contributed by atoms with Gasteiger partial charge in [-0.25, -0.2) is 0 Å². The van der Waals surface area contributed by atoms with Crippen LogP contribution in [0.5, 0.6) is 0 Å². The maximum atomic E-state index is 11.9. The number of carbonyl (C=O) groups is 3. The Morgan fingerprint density at radius 3 is 2.48 bits per heavy atom. The molecule has 2 heterocycles. The molecule has 0 radical (unpaired) electrons. The number of aromatic nitrogens is 2. The summed E-state index contributed by atoms with van der Waals surface area (Å²) in [5.74, 6) is 0.0844. The van der Waals surface area contributed by atoms with Crippen molar-refractivity contribution in [3.63, 3.8) is 0 Å². The average molecular weight is 333 g/mol. The third-order valence-corrected chi connectivity index (χ3v) is 4.29. The molecule has 0 aromatic carbocycles. The number of nitrogens with zero attached hydrogens (tertiary/aromatic N) is 1. The summed E-state index contributed by atoms with van der Waals surface area (Å²) in [4.78, 5) is 37.2. The van der Waals surface area contributed by atoms with E-state index >= 15 is 0 Å². The topological polar surface area (TPSA) is 91.9 Å². The lowest BCUT2D eigenvalue weighted by atomic mass is 10.1. The maximum Gasteiger partial charge on any atom is 0.226 e. The number of carbonyl (C=O) groups excluding carboxylic acids is 3. The Bertz CT molecular complexity index is 718. The number of rotatable bonds is 8. The van der Waals surface area contributed by atoms with Crippen molar-refractivity contribution in [2.24, 2.45) is 0 Å². The molecule has 7 heteroatoms. The average Bonchev–Trinajstić information content (AvgIpc) is 3.11. The van der Waals surface area contributed by atoms with Gasteiger partial charge in [-0.15, -0.1) is 11.3 Å². The number of nitrogens with one attached hydrogen (secondary N) is 2. The fourth-order valence-corrected chi connectivity index (χ4v) is 2.86. The lowest BCUT2D eigenvalue weighted by Crippen LogP contribution is -2.14. The second kappa shape index (κ2) is 7.82. The molecule has 0 saturated carbocycles. The third kappa shape index (κ3) is 5.45. The molecule has 23 heavy (non-hydrogen) atoms. The van der Waals surface area contributed by atoms with Crippen molar-refractivity contribution in [1.82, 2.24) is 10.2 Å². The Morgan fingerprint density at radius 1 is 1.13 bits per heavy atom. The van der Waals surface area contributed by atoms with Crippen molar-refractivity contribution >= 4 is 34.6 Å². The van der Waals surface area contributed by atoms with E-state index in [-0.39, 0.29) is 43.2 Å². The standard InChI is InChI=1S/C16H19N3O3S/c1-10-9-15(19-18-10)17-16(22)8-5-12(20)4-6-13(21)14-7-3-11(2)23-14/h3,7,9H,4-6,8H2,1-2H3,(H2,17,18,19,22). The van der Waals surface area contributed by atoms with E-state index in [9.17, 15) is 14.4 Å². The summed E-state index contributed by atoms with van der Waals surface area (Å²) in [5.41, 5.74) is 0.846. The van der Waals surface area contributed by atoms with Crippen LogP contribution < -0.4 is 5.32 Å². The number of amides is 1. The minimum Gasteiger partial charge on any atom is -0.309 e. The van der Waals surface area contributed by atoms with Crippen LogP contribution in [0.3, 0.4) is 0 Å². The molecule has 0 atom stereocenters. The minimum absolute atomic E-state index is 0.0205. The minimum atomic E-state index is -0.259. The second-order valence-electron chi connectivity index (χ2n) is 5.36. The summed E-state index contributed by atoms with van der Waals surface area (Å²) in [7, 11) is 0. The van der Waals surface area contributed by atoms with Crippen molar-refractivity contribution in [1.29, 1.82) is 0 Å². The first-order valence-corrected chi connectivity index (χ1v) is 8.19. The number of Topliss-reactive ketones (excluding diaryl/α,β-unsaturated/α-hetero) is 2. The first kappa shape index (κ1) is 17.1. The Hall–Kier alpha value is -2.28. The highest BCUT2D eigenvalue weighted by Crippen LogP contribution is 2.17. The maximum absolute atomic E-state index is 11.9. The third-order valence-electron chi connectivity index (χ3n) is 3.25. The summed E-state index contributed by atoms with van der Waals surface area (Å²) in [6.07, 6.45) is 0.590. The smallest absolute Gasteiger partial charge is 0.226 e. The van der Waals surface area contributed by atoms with Crippen LogP contribution in [0.1, 0.15) is 45.9 Å². The highest BCUT2D eigenvalue weighted by Gasteiger charge is 2.13. The normalized spacial score (nSPS) is 10.5. The molecule has 0 aliphatic rings. The van der Waals surface area contributed by atoms with E-state index in [0.29, 0.717) is 10.7 Å². The number of hydrogen-bond donors (Lipinski definition) is 2. The van der Waals surface area contributed by atoms with Gasteiger partial charge in [0.05, 0.1) is 4.88 Å². The molecule has 0 aliphatic carbocycles. The molecule has 2 aromatic heterocycles. The Balaban J connectivity index is 1.68. The van der Waals surface area contributed by atoms with E-state index in [0.717, 1.165) is 10.6 Å². The van der Waals surface area contributed by atoms with E-state index in [4.69, 9.17) is 0 Å². The van der Waals surface area contributed by atoms with Crippen molar-refractivity contribution in [2.75, 3.05) is 5.32 Å². The first-order chi connectivity index (χ1) is 10.9. The number of aromatic amines is 1. The number of anilines is 1. The van der Waals surface area contributed by atoms with Gasteiger partial charge in [0.25, 0.3) is 0 Å². The Labute approximate surface area is 138 Å². The quantitative estimate of drug-likeness (QED) is 0.726. The van der Waals surface area contributed by atoms with Gasteiger partial charge in [0.15, 0.2) is 11.6 Å². The van der Waals surface area contributed by atoms with Crippen molar-refractivity contribution in [3.8, 4) is 0 Å². The van der Waals surface area contributed by atoms with Crippen LogP contribution in [0.4, 0.5) is 5.82 Å². The predicted molar refractivity (Wildman–Crippen MR) is 88.8 cm³/mol. The van der Waals surface area contributed by atoms with Crippen LogP contribution in [0.15, 0.2) is 18.2 Å². The van der Waals surface area contributed by atoms with Gasteiger partial charge in [0.2, 0.25) is 5.91 Å². The van der Waals surface area contributed by atoms with Crippen LogP contribution in [0.2, 0.25) is 0 Å². The molecule has 0 fully saturated rings. The number of H-pyrrole nitrogens is 1. The molecular formula is C16H19N3O3S. The lowest BCUT2D eigenvalue weighted by Gasteiger charge is -2.02. The van der Waals surface area contributed by atoms with Crippen LogP contribution in [-0.4, -0.2) is 27.7 Å². The van der Waals surface area contributed by atoms with E-state index in [1.807, 2.05) is 19.9 Å².